The van der Waals surface area contributed by atoms with Gasteiger partial charge >= 0.3 is 6.03 Å². The minimum atomic E-state index is -1.14. The van der Waals surface area contributed by atoms with Gasteiger partial charge in [-0.25, -0.2) is 19.7 Å². The number of β-amino-alcohol motifs (C(OH)–C–C–N with tert-alkyl or cyclic N) is 1. The third-order valence-corrected chi connectivity index (χ3v) is 7.24. The molecule has 4 aromatic rings. The maximum absolute atomic E-state index is 12.1. The maximum Gasteiger partial charge on any atom is 0.321 e. The van der Waals surface area contributed by atoms with Gasteiger partial charge in [-0.05, 0) is 63.1 Å². The first-order valence-electron chi connectivity index (χ1n) is 12.5. The third kappa shape index (κ3) is 5.65. The summed E-state index contributed by atoms with van der Waals surface area (Å²) in [4.78, 5) is 32.4. The Bertz CT molecular complexity index is 1470. The molecule has 4 N–H and O–H groups in total. The molecule has 0 spiro atoms. The number of carbonyl (C=O) groups is 1. The van der Waals surface area contributed by atoms with Gasteiger partial charge < -0.3 is 15.5 Å². The monoisotopic (exact) mass is 533 g/mol. The third-order valence-electron chi connectivity index (χ3n) is 6.22. The predicted molar refractivity (Wildman–Crippen MR) is 148 cm³/mol. The lowest BCUT2D eigenvalue weighted by molar-refractivity contribution is -0.0871. The van der Waals surface area contributed by atoms with Gasteiger partial charge in [0.25, 0.3) is 0 Å². The summed E-state index contributed by atoms with van der Waals surface area (Å²) in [7, 11) is 0. The number of benzene rings is 1. The number of anilines is 1. The molecule has 1 aliphatic heterocycles. The van der Waals surface area contributed by atoms with Crippen molar-refractivity contribution in [3.8, 4) is 22.4 Å². The SMILES string of the molecule is CCNC(=O)Nc1nc2cc(-c3cnc(C(C)(C)O)nc3)cc(-c3cc(CN4CC(C)(O)C4)ccn3)c2s1. The molecule has 0 radical (unpaired) electrons. The summed E-state index contributed by atoms with van der Waals surface area (Å²) in [6, 6.07) is 7.69. The highest BCUT2D eigenvalue weighted by molar-refractivity contribution is 7.22. The van der Waals surface area contributed by atoms with Gasteiger partial charge in [-0.2, -0.15) is 0 Å². The van der Waals surface area contributed by atoms with Gasteiger partial charge in [-0.15, -0.1) is 0 Å². The average Bonchev–Trinajstić information content (AvgIpc) is 3.24. The molecule has 1 aliphatic rings. The highest BCUT2D eigenvalue weighted by Gasteiger charge is 2.36. The van der Waals surface area contributed by atoms with Crippen molar-refractivity contribution in [2.45, 2.75) is 45.4 Å². The lowest BCUT2D eigenvalue weighted by Gasteiger charge is -2.44. The van der Waals surface area contributed by atoms with Crippen LogP contribution in [-0.4, -0.2) is 66.3 Å². The summed E-state index contributed by atoms with van der Waals surface area (Å²) < 4.78 is 0.895. The van der Waals surface area contributed by atoms with Crippen molar-refractivity contribution in [1.29, 1.82) is 0 Å². The number of nitrogens with zero attached hydrogens (tertiary/aromatic N) is 5. The summed E-state index contributed by atoms with van der Waals surface area (Å²) >= 11 is 1.39. The van der Waals surface area contributed by atoms with Crippen LogP contribution in [0, 0.1) is 0 Å². The van der Waals surface area contributed by atoms with Gasteiger partial charge in [0.1, 0.15) is 5.60 Å². The zero-order chi connectivity index (χ0) is 27.1. The van der Waals surface area contributed by atoms with Crippen LogP contribution in [0.4, 0.5) is 9.93 Å². The van der Waals surface area contributed by atoms with Crippen molar-refractivity contribution in [1.82, 2.24) is 30.2 Å². The topological polar surface area (TPSA) is 136 Å². The molecule has 0 atom stereocenters. The van der Waals surface area contributed by atoms with Gasteiger partial charge in [0.15, 0.2) is 11.0 Å². The molecule has 1 aromatic carbocycles. The molecule has 3 aromatic heterocycles. The number of urea groups is 1. The van der Waals surface area contributed by atoms with Gasteiger partial charge in [0.2, 0.25) is 0 Å². The van der Waals surface area contributed by atoms with E-state index in [1.807, 2.05) is 32.0 Å². The fourth-order valence-corrected chi connectivity index (χ4v) is 5.51. The van der Waals surface area contributed by atoms with E-state index < -0.39 is 11.2 Å². The molecule has 198 valence electrons. The molecule has 0 saturated carbocycles. The minimum absolute atomic E-state index is 0.311. The van der Waals surface area contributed by atoms with Crippen molar-refractivity contribution in [2.75, 3.05) is 25.0 Å². The number of amides is 2. The summed E-state index contributed by atoms with van der Waals surface area (Å²) in [5.41, 5.74) is 3.30. The van der Waals surface area contributed by atoms with Gasteiger partial charge in [0.05, 0.1) is 21.5 Å². The Hall–Kier alpha value is -3.51. The number of aromatic nitrogens is 4. The first-order valence-corrected chi connectivity index (χ1v) is 13.3. The van der Waals surface area contributed by atoms with E-state index in [4.69, 9.17) is 0 Å². The number of aliphatic hydroxyl groups is 2. The Morgan fingerprint density at radius 2 is 1.89 bits per heavy atom. The van der Waals surface area contributed by atoms with E-state index in [1.54, 1.807) is 32.4 Å². The summed E-state index contributed by atoms with van der Waals surface area (Å²) in [5, 5.41) is 26.3. The van der Waals surface area contributed by atoms with Crippen LogP contribution in [0.25, 0.3) is 32.6 Å². The predicted octanol–water partition coefficient (Wildman–Crippen LogP) is 3.75. The molecule has 10 nitrogen and oxygen atoms in total. The number of fused-ring (bicyclic) bond motifs is 1. The second kappa shape index (κ2) is 9.99. The van der Waals surface area contributed by atoms with Crippen LogP contribution in [0.2, 0.25) is 0 Å². The molecule has 5 rings (SSSR count). The van der Waals surface area contributed by atoms with E-state index in [-0.39, 0.29) is 6.03 Å². The molecule has 11 heteroatoms. The second-order valence-corrected chi connectivity index (χ2v) is 11.4. The summed E-state index contributed by atoms with van der Waals surface area (Å²) in [5.74, 6) is 0.337. The number of carbonyl (C=O) groups excluding carboxylic acids is 1. The molecule has 0 bridgehead atoms. The molecule has 1 fully saturated rings. The number of thiazole rings is 1. The number of likely N-dealkylation sites (tertiary alicyclic amines) is 1. The van der Waals surface area contributed by atoms with E-state index in [9.17, 15) is 15.0 Å². The second-order valence-electron chi connectivity index (χ2n) is 10.4. The maximum atomic E-state index is 12.1. The number of nitrogens with one attached hydrogen (secondary N) is 2. The Morgan fingerprint density at radius 1 is 1.16 bits per heavy atom. The van der Waals surface area contributed by atoms with E-state index in [1.165, 1.54) is 11.3 Å². The zero-order valence-electron chi connectivity index (χ0n) is 21.8. The van der Waals surface area contributed by atoms with Gasteiger partial charge in [0, 0.05) is 55.9 Å². The van der Waals surface area contributed by atoms with Crippen molar-refractivity contribution < 1.29 is 15.0 Å². The smallest absolute Gasteiger partial charge is 0.321 e. The zero-order valence-corrected chi connectivity index (χ0v) is 22.6. The first kappa shape index (κ1) is 26.1. The number of rotatable bonds is 7. The van der Waals surface area contributed by atoms with Crippen LogP contribution in [0.3, 0.4) is 0 Å². The summed E-state index contributed by atoms with van der Waals surface area (Å²) in [6.45, 7) is 9.48. The van der Waals surface area contributed by atoms with Crippen LogP contribution in [0.5, 0.6) is 0 Å². The van der Waals surface area contributed by atoms with Crippen LogP contribution in [-0.2, 0) is 12.1 Å². The molecule has 38 heavy (non-hydrogen) atoms. The number of hydrogen-bond acceptors (Lipinski definition) is 9. The molecular formula is C27H31N7O3S. The highest BCUT2D eigenvalue weighted by Crippen LogP contribution is 2.38. The fraction of sp³-hybridized carbons (Fsp3) is 0.370. The van der Waals surface area contributed by atoms with E-state index in [2.05, 4.69) is 41.5 Å². The lowest BCUT2D eigenvalue weighted by Crippen LogP contribution is -2.59. The Morgan fingerprint density at radius 3 is 2.55 bits per heavy atom. The quantitative estimate of drug-likeness (QED) is 0.282. The Labute approximate surface area is 224 Å². The van der Waals surface area contributed by atoms with E-state index >= 15 is 0 Å². The molecule has 0 unspecified atom stereocenters. The molecular weight excluding hydrogens is 502 g/mol. The van der Waals surface area contributed by atoms with Crippen molar-refractivity contribution in [3.05, 3.63) is 54.2 Å². The van der Waals surface area contributed by atoms with Gasteiger partial charge in [-0.3, -0.25) is 15.2 Å². The van der Waals surface area contributed by atoms with Gasteiger partial charge in [-0.1, -0.05) is 11.3 Å². The molecule has 4 heterocycles. The van der Waals surface area contributed by atoms with Crippen LogP contribution in [0.15, 0.2) is 42.9 Å². The minimum Gasteiger partial charge on any atom is -0.388 e. The Balaban J connectivity index is 1.55. The average molecular weight is 534 g/mol. The van der Waals surface area contributed by atoms with E-state index in [0.29, 0.717) is 42.7 Å². The normalized spacial score (nSPS) is 15.3. The molecule has 2 amide bonds. The molecule has 0 aliphatic carbocycles. The van der Waals surface area contributed by atoms with E-state index in [0.717, 1.165) is 32.6 Å². The van der Waals surface area contributed by atoms with Crippen LogP contribution < -0.4 is 10.6 Å². The largest absolute Gasteiger partial charge is 0.388 e. The Kier molecular flexibility index (Phi) is 6.86. The molecule has 1 saturated heterocycles. The first-order chi connectivity index (χ1) is 18.0. The summed E-state index contributed by atoms with van der Waals surface area (Å²) in [6.07, 6.45) is 5.16. The van der Waals surface area contributed by atoms with Crippen molar-refractivity contribution in [3.63, 3.8) is 0 Å². The van der Waals surface area contributed by atoms with Crippen molar-refractivity contribution in [2.24, 2.45) is 0 Å². The van der Waals surface area contributed by atoms with Crippen LogP contribution in [0.1, 0.15) is 39.1 Å². The highest BCUT2D eigenvalue weighted by atomic mass is 32.1. The van der Waals surface area contributed by atoms with Crippen molar-refractivity contribution >= 4 is 32.7 Å². The fourth-order valence-electron chi connectivity index (χ4n) is 4.55. The lowest BCUT2D eigenvalue weighted by atomic mass is 9.96. The number of pyridine rings is 1. The van der Waals surface area contributed by atoms with Crippen LogP contribution >= 0.6 is 11.3 Å². The number of hydrogen-bond donors (Lipinski definition) is 4. The standard InChI is InChI=1S/C27H31N7O3S/c1-5-28-24(35)33-25-32-21-10-17(18-11-30-23(31-12-18)26(2,3)36)9-19(22(21)38-25)20-8-16(6-7-29-20)13-34-14-27(4,37)15-34/h6-12,36-37H,5,13-15H2,1-4H3,(H2,28,32,33,35).